The van der Waals surface area contributed by atoms with Gasteiger partial charge in [0.25, 0.3) is 0 Å². The lowest BCUT2D eigenvalue weighted by atomic mass is 10.1. The van der Waals surface area contributed by atoms with E-state index in [1.807, 2.05) is 30.3 Å². The highest BCUT2D eigenvalue weighted by Gasteiger charge is 2.47. The molecule has 0 unspecified atom stereocenters. The normalized spacial score (nSPS) is 22.5. The van der Waals surface area contributed by atoms with Crippen molar-refractivity contribution < 1.29 is 38.1 Å². The molecule has 3 N–H and O–H groups in total. The Morgan fingerprint density at radius 3 is 2.43 bits per heavy atom. The van der Waals surface area contributed by atoms with Crippen LogP contribution < -0.4 is 5.32 Å². The van der Waals surface area contributed by atoms with Gasteiger partial charge in [-0.05, 0) is 40.2 Å². The predicted molar refractivity (Wildman–Crippen MR) is 110 cm³/mol. The number of hydrogen-bond donors (Lipinski definition) is 3. The first kappa shape index (κ1) is 24.8. The van der Waals surface area contributed by atoms with Crippen molar-refractivity contribution in [2.24, 2.45) is 0 Å². The molecule has 0 aliphatic carbocycles. The average Bonchev–Trinajstić information content (AvgIpc) is 2.87. The molecule has 30 heavy (non-hydrogen) atoms. The van der Waals surface area contributed by atoms with Crippen LogP contribution in [0.5, 0.6) is 0 Å². The summed E-state index contributed by atoms with van der Waals surface area (Å²) in [5.74, 6) is -1.01. The zero-order valence-corrected chi connectivity index (χ0v) is 18.9. The van der Waals surface area contributed by atoms with Gasteiger partial charge in [0.15, 0.2) is 5.79 Å². The first-order valence-corrected chi connectivity index (χ1v) is 11.6. The van der Waals surface area contributed by atoms with E-state index in [1.165, 1.54) is 0 Å². The Bertz CT molecular complexity index is 743. The quantitative estimate of drug-likeness (QED) is 0.522. The smallest absolute Gasteiger partial charge is 0.407 e. The molecule has 9 nitrogen and oxygen atoms in total. The van der Waals surface area contributed by atoms with Gasteiger partial charge >= 0.3 is 13.7 Å². The van der Waals surface area contributed by atoms with E-state index in [0.29, 0.717) is 6.61 Å². The Hall–Kier alpha value is -1.48. The van der Waals surface area contributed by atoms with Crippen LogP contribution in [0.15, 0.2) is 30.3 Å². The van der Waals surface area contributed by atoms with Crippen LogP contribution in [0.2, 0.25) is 0 Å². The summed E-state index contributed by atoms with van der Waals surface area (Å²) in [5.41, 5.74) is 0.215. The fourth-order valence-corrected chi connectivity index (χ4v) is 3.96. The van der Waals surface area contributed by atoms with Crippen LogP contribution in [0, 0.1) is 0 Å². The van der Waals surface area contributed by atoms with E-state index in [4.69, 9.17) is 18.9 Å². The zero-order valence-electron chi connectivity index (χ0n) is 18.0. The molecule has 1 aromatic carbocycles. The number of hydrogen-bond acceptors (Lipinski definition) is 6. The maximum absolute atomic E-state index is 12.3. The molecule has 1 fully saturated rings. The van der Waals surface area contributed by atoms with Crippen molar-refractivity contribution in [2.75, 3.05) is 12.8 Å². The van der Waals surface area contributed by atoms with Crippen molar-refractivity contribution in [3.8, 4) is 0 Å². The number of carbonyl (C=O) groups is 1. The van der Waals surface area contributed by atoms with E-state index < -0.39 is 49.5 Å². The summed E-state index contributed by atoms with van der Waals surface area (Å²) >= 11 is 0. The van der Waals surface area contributed by atoms with E-state index in [-0.39, 0.29) is 6.61 Å². The highest BCUT2D eigenvalue weighted by molar-refractivity contribution is 7.51. The number of rotatable bonds is 8. The van der Waals surface area contributed by atoms with Gasteiger partial charge in [-0.1, -0.05) is 30.3 Å². The molecule has 3 atom stereocenters. The molecule has 0 spiro atoms. The Balaban J connectivity index is 2.11. The van der Waals surface area contributed by atoms with Crippen molar-refractivity contribution in [3.63, 3.8) is 0 Å². The lowest BCUT2D eigenvalue weighted by molar-refractivity contribution is -0.152. The second-order valence-electron chi connectivity index (χ2n) is 8.74. The fraction of sp³-hybridized carbons (Fsp3) is 0.650. The number of ether oxygens (including phenoxy) is 4. The minimum Gasteiger partial charge on any atom is -0.444 e. The molecule has 2 rings (SSSR count). The van der Waals surface area contributed by atoms with E-state index >= 15 is 0 Å². The fourth-order valence-electron chi connectivity index (χ4n) is 3.15. The predicted octanol–water partition coefficient (Wildman–Crippen LogP) is 2.79. The van der Waals surface area contributed by atoms with Gasteiger partial charge < -0.3 is 34.1 Å². The second kappa shape index (κ2) is 9.77. The Morgan fingerprint density at radius 2 is 1.87 bits per heavy atom. The Morgan fingerprint density at radius 1 is 1.23 bits per heavy atom. The van der Waals surface area contributed by atoms with Crippen molar-refractivity contribution in [2.45, 2.75) is 70.9 Å². The number of carbonyl (C=O) groups excluding carboxylic acids is 1. The molecule has 1 aliphatic heterocycles. The number of nitrogens with one attached hydrogen (secondary N) is 1. The highest BCUT2D eigenvalue weighted by Crippen LogP contribution is 2.39. The molecule has 1 amide bonds. The van der Waals surface area contributed by atoms with Gasteiger partial charge in [0.2, 0.25) is 0 Å². The largest absolute Gasteiger partial charge is 0.444 e. The van der Waals surface area contributed by atoms with E-state index in [0.717, 1.165) is 5.56 Å². The van der Waals surface area contributed by atoms with Crippen LogP contribution in [0.25, 0.3) is 0 Å². The summed E-state index contributed by atoms with van der Waals surface area (Å²) in [6.07, 6.45) is -2.89. The molecule has 0 bridgehead atoms. The third kappa shape index (κ3) is 8.71. The SMILES string of the molecule is CC(C)(C)OC(=O)N[C@@H](CP(=O)(O)O)[C@@H]1OC(C)(C)O[C@H]1COCc1ccccc1. The Labute approximate surface area is 177 Å². The van der Waals surface area contributed by atoms with Crippen molar-refractivity contribution >= 4 is 13.7 Å². The van der Waals surface area contributed by atoms with Crippen molar-refractivity contribution in [3.05, 3.63) is 35.9 Å². The molecule has 1 aromatic rings. The molecule has 1 saturated heterocycles. The van der Waals surface area contributed by atoms with Gasteiger partial charge in [-0.15, -0.1) is 0 Å². The topological polar surface area (TPSA) is 124 Å². The molecule has 0 saturated carbocycles. The summed E-state index contributed by atoms with van der Waals surface area (Å²) in [6, 6.07) is 8.53. The highest BCUT2D eigenvalue weighted by atomic mass is 31.2. The molecule has 0 aromatic heterocycles. The summed E-state index contributed by atoms with van der Waals surface area (Å²) in [4.78, 5) is 31.3. The maximum Gasteiger partial charge on any atom is 0.407 e. The third-order valence-electron chi connectivity index (χ3n) is 4.15. The summed E-state index contributed by atoms with van der Waals surface area (Å²) in [6.45, 7) is 8.95. The van der Waals surface area contributed by atoms with Crippen LogP contribution in [-0.4, -0.2) is 58.3 Å². The first-order chi connectivity index (χ1) is 13.7. The molecular weight excluding hydrogens is 413 g/mol. The number of alkyl carbamates (subject to hydrolysis) is 1. The van der Waals surface area contributed by atoms with Crippen LogP contribution in [-0.2, 0) is 30.1 Å². The number of amides is 1. The third-order valence-corrected chi connectivity index (χ3v) is 5.02. The van der Waals surface area contributed by atoms with Crippen LogP contribution in [0.4, 0.5) is 4.79 Å². The standard InChI is InChI=1S/C20H32NO8P/c1-19(2,3)29-18(22)21-15(13-30(23,24)25)17-16(27-20(4,5)28-17)12-26-11-14-9-7-6-8-10-14/h6-10,15-17H,11-13H2,1-5H3,(H,21,22)(H2,23,24,25)/t15-,16-,17-/m0/s1. The molecule has 170 valence electrons. The van der Waals surface area contributed by atoms with Gasteiger partial charge in [0.05, 0.1) is 25.4 Å². The summed E-state index contributed by atoms with van der Waals surface area (Å²) < 4.78 is 34.5. The summed E-state index contributed by atoms with van der Waals surface area (Å²) in [5, 5.41) is 2.53. The molecular formula is C20H32NO8P. The lowest BCUT2D eigenvalue weighted by Gasteiger charge is -2.29. The van der Waals surface area contributed by atoms with Gasteiger partial charge in [-0.3, -0.25) is 4.57 Å². The second-order valence-corrected chi connectivity index (χ2v) is 10.4. The van der Waals surface area contributed by atoms with E-state index in [2.05, 4.69) is 5.32 Å². The lowest BCUT2D eigenvalue weighted by Crippen LogP contribution is -2.51. The van der Waals surface area contributed by atoms with Gasteiger partial charge in [0, 0.05) is 0 Å². The molecule has 10 heteroatoms. The minimum absolute atomic E-state index is 0.122. The van der Waals surface area contributed by atoms with Crippen LogP contribution in [0.1, 0.15) is 40.2 Å². The average molecular weight is 445 g/mol. The van der Waals surface area contributed by atoms with Crippen LogP contribution >= 0.6 is 7.60 Å². The number of benzene rings is 1. The Kier molecular flexibility index (Phi) is 8.07. The van der Waals surface area contributed by atoms with E-state index in [9.17, 15) is 19.1 Å². The molecule has 1 heterocycles. The van der Waals surface area contributed by atoms with Crippen LogP contribution in [0.3, 0.4) is 0 Å². The molecule has 1 aliphatic rings. The minimum atomic E-state index is -4.47. The summed E-state index contributed by atoms with van der Waals surface area (Å²) in [7, 11) is -4.47. The zero-order chi connectivity index (χ0) is 22.6. The van der Waals surface area contributed by atoms with E-state index in [1.54, 1.807) is 34.6 Å². The maximum atomic E-state index is 12.3. The van der Waals surface area contributed by atoms with Gasteiger partial charge in [0.1, 0.15) is 17.8 Å². The monoisotopic (exact) mass is 445 g/mol. The van der Waals surface area contributed by atoms with Crippen molar-refractivity contribution in [1.82, 2.24) is 5.32 Å². The first-order valence-electron chi connectivity index (χ1n) is 9.75. The van der Waals surface area contributed by atoms with Crippen molar-refractivity contribution in [1.29, 1.82) is 0 Å². The van der Waals surface area contributed by atoms with Gasteiger partial charge in [-0.2, -0.15) is 0 Å². The van der Waals surface area contributed by atoms with Gasteiger partial charge in [-0.25, -0.2) is 4.79 Å². The molecule has 0 radical (unpaired) electrons.